The molecule has 0 spiro atoms. The van der Waals surface area contributed by atoms with Gasteiger partial charge in [-0.1, -0.05) is 37.3 Å². The third kappa shape index (κ3) is 2.46. The molecule has 7 atom stereocenters. The van der Waals surface area contributed by atoms with Crippen molar-refractivity contribution in [2.24, 2.45) is 11.8 Å². The van der Waals surface area contributed by atoms with Crippen LogP contribution >= 0.6 is 0 Å². The summed E-state index contributed by atoms with van der Waals surface area (Å²) in [5.41, 5.74) is 0.939. The third-order valence-electron chi connectivity index (χ3n) is 4.89. The molecule has 3 aliphatic heterocycles. The second-order valence-electron chi connectivity index (χ2n) is 6.22. The first-order chi connectivity index (χ1) is 11.2. The maximum atomic E-state index is 12.0. The van der Waals surface area contributed by atoms with Gasteiger partial charge in [0.25, 0.3) is 0 Å². The van der Waals surface area contributed by atoms with Gasteiger partial charge in [-0.25, -0.2) is 0 Å². The molecule has 1 aromatic carbocycles. The first-order valence-electron chi connectivity index (χ1n) is 7.90. The van der Waals surface area contributed by atoms with Crippen LogP contribution in [0.5, 0.6) is 0 Å². The minimum Gasteiger partial charge on any atom is -0.459 e. The van der Waals surface area contributed by atoms with E-state index in [9.17, 15) is 4.79 Å². The predicted molar refractivity (Wildman–Crippen MR) is 78.2 cm³/mol. The quantitative estimate of drug-likeness (QED) is 0.772. The summed E-state index contributed by atoms with van der Waals surface area (Å²) in [5.74, 6) is -0.659. The number of hydrogen-bond acceptors (Lipinski definition) is 6. The molecule has 3 saturated heterocycles. The minimum absolute atomic E-state index is 0.164. The molecule has 23 heavy (non-hydrogen) atoms. The Balaban J connectivity index is 1.59. The number of ether oxygens (including phenoxy) is 5. The van der Waals surface area contributed by atoms with E-state index in [2.05, 4.69) is 0 Å². The van der Waals surface area contributed by atoms with Gasteiger partial charge in [0.15, 0.2) is 12.6 Å². The standard InChI is InChI=1S/C17H20O6/c1-9-12-14(22-15(9)18)13-11(21-17(12)19-2)8-20-16(23-13)10-6-4-3-5-7-10/h3-7,9,11-14,16-17H,8H2,1-2H3/t9-,11-,12-,13-,14+,16?,17+/m1/s1. The van der Waals surface area contributed by atoms with Crippen molar-refractivity contribution in [2.45, 2.75) is 37.8 Å². The minimum atomic E-state index is -0.483. The lowest BCUT2D eigenvalue weighted by Crippen LogP contribution is -2.59. The lowest BCUT2D eigenvalue weighted by Gasteiger charge is -2.46. The van der Waals surface area contributed by atoms with Crippen molar-refractivity contribution in [3.05, 3.63) is 35.9 Å². The van der Waals surface area contributed by atoms with Crippen molar-refractivity contribution in [3.63, 3.8) is 0 Å². The number of hydrogen-bond donors (Lipinski definition) is 0. The molecule has 0 radical (unpaired) electrons. The van der Waals surface area contributed by atoms with Crippen molar-refractivity contribution in [1.82, 2.24) is 0 Å². The van der Waals surface area contributed by atoms with Crippen LogP contribution in [0.3, 0.4) is 0 Å². The maximum Gasteiger partial charge on any atom is 0.309 e. The zero-order chi connectivity index (χ0) is 16.0. The SMILES string of the molecule is CO[C@H]1O[C@@H]2COC(c3ccccc3)O[C@H]2[C@H]2OC(=O)[C@H](C)[C@@H]12. The topological polar surface area (TPSA) is 63.2 Å². The van der Waals surface area contributed by atoms with E-state index in [4.69, 9.17) is 23.7 Å². The van der Waals surface area contributed by atoms with Crippen LogP contribution in [0.15, 0.2) is 30.3 Å². The molecule has 6 heteroatoms. The van der Waals surface area contributed by atoms with E-state index in [1.807, 2.05) is 37.3 Å². The summed E-state index contributed by atoms with van der Waals surface area (Å²) in [6, 6.07) is 9.72. The summed E-state index contributed by atoms with van der Waals surface area (Å²) in [7, 11) is 1.58. The van der Waals surface area contributed by atoms with Gasteiger partial charge < -0.3 is 23.7 Å². The van der Waals surface area contributed by atoms with Gasteiger partial charge in [-0.3, -0.25) is 4.79 Å². The molecule has 0 bridgehead atoms. The highest BCUT2D eigenvalue weighted by Crippen LogP contribution is 2.44. The number of methoxy groups -OCH3 is 1. The first kappa shape index (κ1) is 15.1. The Labute approximate surface area is 134 Å². The van der Waals surface area contributed by atoms with Crippen LogP contribution in [-0.2, 0) is 28.5 Å². The van der Waals surface area contributed by atoms with Gasteiger partial charge in [-0.15, -0.1) is 0 Å². The van der Waals surface area contributed by atoms with Gasteiger partial charge in [0.05, 0.1) is 18.4 Å². The summed E-state index contributed by atoms with van der Waals surface area (Å²) in [6.07, 6.45) is -1.98. The molecule has 6 nitrogen and oxygen atoms in total. The summed E-state index contributed by atoms with van der Waals surface area (Å²) in [6.45, 7) is 2.22. The Hall–Kier alpha value is -1.47. The molecule has 3 heterocycles. The van der Waals surface area contributed by atoms with E-state index in [1.165, 1.54) is 0 Å². The van der Waals surface area contributed by atoms with Crippen LogP contribution in [0.2, 0.25) is 0 Å². The van der Waals surface area contributed by atoms with Crippen LogP contribution in [0.25, 0.3) is 0 Å². The van der Waals surface area contributed by atoms with Gasteiger partial charge in [-0.05, 0) is 0 Å². The molecule has 4 rings (SSSR count). The van der Waals surface area contributed by atoms with Gasteiger partial charge in [0.2, 0.25) is 0 Å². The highest BCUT2D eigenvalue weighted by Gasteiger charge is 2.58. The second-order valence-corrected chi connectivity index (χ2v) is 6.22. The fourth-order valence-corrected chi connectivity index (χ4v) is 3.65. The lowest BCUT2D eigenvalue weighted by molar-refractivity contribution is -0.345. The molecule has 3 aliphatic rings. The van der Waals surface area contributed by atoms with Gasteiger partial charge in [-0.2, -0.15) is 0 Å². The second kappa shape index (κ2) is 5.87. The fraction of sp³-hybridized carbons (Fsp3) is 0.588. The van der Waals surface area contributed by atoms with Crippen LogP contribution in [0.4, 0.5) is 0 Å². The van der Waals surface area contributed by atoms with E-state index in [1.54, 1.807) is 7.11 Å². The molecule has 124 valence electrons. The molecule has 0 aromatic heterocycles. The number of benzene rings is 1. The van der Waals surface area contributed by atoms with Crippen LogP contribution < -0.4 is 0 Å². The first-order valence-corrected chi connectivity index (χ1v) is 7.90. The zero-order valence-electron chi connectivity index (χ0n) is 13.1. The Kier molecular flexibility index (Phi) is 3.85. The van der Waals surface area contributed by atoms with Crippen molar-refractivity contribution >= 4 is 5.97 Å². The molecule has 1 unspecified atom stereocenters. The zero-order valence-corrected chi connectivity index (χ0v) is 13.1. The molecular formula is C17H20O6. The predicted octanol–water partition coefficient (Wildman–Crippen LogP) is 1.65. The summed E-state index contributed by atoms with van der Waals surface area (Å²) < 4.78 is 28.8. The fourth-order valence-electron chi connectivity index (χ4n) is 3.65. The smallest absolute Gasteiger partial charge is 0.309 e. The monoisotopic (exact) mass is 320 g/mol. The van der Waals surface area contributed by atoms with E-state index >= 15 is 0 Å². The molecule has 3 fully saturated rings. The normalized spacial score (nSPS) is 42.7. The van der Waals surface area contributed by atoms with Crippen molar-refractivity contribution in [3.8, 4) is 0 Å². The van der Waals surface area contributed by atoms with Crippen molar-refractivity contribution < 1.29 is 28.5 Å². The maximum absolute atomic E-state index is 12.0. The molecule has 0 aliphatic carbocycles. The van der Waals surface area contributed by atoms with Gasteiger partial charge >= 0.3 is 5.97 Å². The summed E-state index contributed by atoms with van der Waals surface area (Å²) in [4.78, 5) is 12.0. The van der Waals surface area contributed by atoms with E-state index in [0.717, 1.165) is 5.56 Å². The van der Waals surface area contributed by atoms with E-state index in [-0.39, 0.29) is 36.1 Å². The Bertz CT molecular complexity index is 576. The molecule has 0 amide bonds. The van der Waals surface area contributed by atoms with Crippen molar-refractivity contribution in [2.75, 3.05) is 13.7 Å². The van der Waals surface area contributed by atoms with Crippen LogP contribution in [0, 0.1) is 11.8 Å². The average Bonchev–Trinajstić information content (AvgIpc) is 2.90. The number of carbonyl (C=O) groups excluding carboxylic acids is 1. The molecule has 1 aromatic rings. The lowest BCUT2D eigenvalue weighted by atomic mass is 9.84. The van der Waals surface area contributed by atoms with Gasteiger partial charge in [0, 0.05) is 12.7 Å². The average molecular weight is 320 g/mol. The van der Waals surface area contributed by atoms with Gasteiger partial charge in [0.1, 0.15) is 18.3 Å². The van der Waals surface area contributed by atoms with Crippen molar-refractivity contribution in [1.29, 1.82) is 0 Å². The molecule has 0 N–H and O–H groups in total. The Morgan fingerprint density at radius 1 is 1.13 bits per heavy atom. The Morgan fingerprint density at radius 2 is 1.91 bits per heavy atom. The highest BCUT2D eigenvalue weighted by molar-refractivity contribution is 5.75. The Morgan fingerprint density at radius 3 is 2.65 bits per heavy atom. The summed E-state index contributed by atoms with van der Waals surface area (Å²) >= 11 is 0. The number of fused-ring (bicyclic) bond motifs is 3. The van der Waals surface area contributed by atoms with Crippen LogP contribution in [-0.4, -0.2) is 44.3 Å². The van der Waals surface area contributed by atoms with E-state index < -0.39 is 12.6 Å². The number of rotatable bonds is 2. The van der Waals surface area contributed by atoms with E-state index in [0.29, 0.717) is 6.61 Å². The number of esters is 1. The summed E-state index contributed by atoms with van der Waals surface area (Å²) in [5, 5.41) is 0. The third-order valence-corrected chi connectivity index (χ3v) is 4.89. The molecular weight excluding hydrogens is 300 g/mol. The molecule has 0 saturated carbocycles. The highest BCUT2D eigenvalue weighted by atomic mass is 16.8. The largest absolute Gasteiger partial charge is 0.459 e. The van der Waals surface area contributed by atoms with Crippen LogP contribution in [0.1, 0.15) is 18.8 Å². The number of carbonyl (C=O) groups is 1.